The van der Waals surface area contributed by atoms with Gasteiger partial charge in [-0.15, -0.1) is 0 Å². The molecule has 0 radical (unpaired) electrons. The summed E-state index contributed by atoms with van der Waals surface area (Å²) < 4.78 is 1.86. The summed E-state index contributed by atoms with van der Waals surface area (Å²) in [6.07, 6.45) is 4.70. The Morgan fingerprint density at radius 2 is 1.65 bits per heavy atom. The second kappa shape index (κ2) is 8.35. The van der Waals surface area contributed by atoms with E-state index in [9.17, 15) is 4.79 Å². The summed E-state index contributed by atoms with van der Waals surface area (Å²) in [5, 5.41) is 3.81. The SMILES string of the molecule is C[C@@H](C(=O)Nc1cc(Cl)ccc1Cl)[n+]1ccc(Cc2ccccc2)cc1. The summed E-state index contributed by atoms with van der Waals surface area (Å²) in [5.41, 5.74) is 2.96. The zero-order valence-corrected chi connectivity index (χ0v) is 15.8. The lowest BCUT2D eigenvalue weighted by molar-refractivity contribution is -0.705. The van der Waals surface area contributed by atoms with Crippen LogP contribution in [-0.2, 0) is 11.2 Å². The Hall–Kier alpha value is -2.36. The van der Waals surface area contributed by atoms with Gasteiger partial charge in [0.05, 0.1) is 10.7 Å². The normalized spacial score (nSPS) is 11.8. The number of halogens is 2. The van der Waals surface area contributed by atoms with Crippen molar-refractivity contribution in [2.75, 3.05) is 5.32 Å². The summed E-state index contributed by atoms with van der Waals surface area (Å²) in [6, 6.07) is 19.0. The first-order chi connectivity index (χ1) is 12.5. The second-order valence-corrected chi connectivity index (χ2v) is 6.95. The van der Waals surface area contributed by atoms with Gasteiger partial charge in [0.2, 0.25) is 6.04 Å². The monoisotopic (exact) mass is 385 g/mol. The summed E-state index contributed by atoms with van der Waals surface area (Å²) in [5.74, 6) is -0.157. The predicted octanol–water partition coefficient (Wildman–Crippen LogP) is 5.07. The van der Waals surface area contributed by atoms with Crippen molar-refractivity contribution < 1.29 is 9.36 Å². The van der Waals surface area contributed by atoms with Gasteiger partial charge in [-0.3, -0.25) is 4.79 Å². The molecule has 3 aromatic rings. The van der Waals surface area contributed by atoms with E-state index in [1.807, 2.05) is 54.2 Å². The van der Waals surface area contributed by atoms with Crippen molar-refractivity contribution in [2.24, 2.45) is 0 Å². The van der Waals surface area contributed by atoms with Gasteiger partial charge in [-0.1, -0.05) is 53.5 Å². The minimum absolute atomic E-state index is 0.157. The van der Waals surface area contributed by atoms with Crippen LogP contribution in [0, 0.1) is 0 Å². The van der Waals surface area contributed by atoms with Gasteiger partial charge in [0.15, 0.2) is 12.4 Å². The fourth-order valence-corrected chi connectivity index (χ4v) is 2.98. The Labute approximate surface area is 163 Å². The van der Waals surface area contributed by atoms with Crippen LogP contribution in [0.2, 0.25) is 10.0 Å². The Kier molecular flexibility index (Phi) is 5.92. The van der Waals surface area contributed by atoms with Crippen molar-refractivity contribution in [3.05, 3.63) is 94.2 Å². The molecule has 26 heavy (non-hydrogen) atoms. The lowest BCUT2D eigenvalue weighted by atomic mass is 10.1. The van der Waals surface area contributed by atoms with Crippen LogP contribution in [-0.4, -0.2) is 5.91 Å². The molecule has 1 heterocycles. The summed E-state index contributed by atoms with van der Waals surface area (Å²) >= 11 is 12.1. The molecular formula is C21H19Cl2N2O+. The molecule has 0 bridgehead atoms. The number of nitrogens with one attached hydrogen (secondary N) is 1. The van der Waals surface area contributed by atoms with Gasteiger partial charge in [-0.25, -0.2) is 0 Å². The first-order valence-electron chi connectivity index (χ1n) is 8.32. The molecular weight excluding hydrogens is 367 g/mol. The van der Waals surface area contributed by atoms with Crippen LogP contribution in [0.5, 0.6) is 0 Å². The number of benzene rings is 2. The Morgan fingerprint density at radius 3 is 2.35 bits per heavy atom. The number of carbonyl (C=O) groups excluding carboxylic acids is 1. The van der Waals surface area contributed by atoms with Crippen molar-refractivity contribution in [3.8, 4) is 0 Å². The van der Waals surface area contributed by atoms with Gasteiger partial charge in [0.25, 0.3) is 5.91 Å². The number of nitrogens with zero attached hydrogens (tertiary/aromatic N) is 1. The Morgan fingerprint density at radius 1 is 1.00 bits per heavy atom. The van der Waals surface area contributed by atoms with Gasteiger partial charge < -0.3 is 5.32 Å². The Bertz CT molecular complexity index is 896. The molecule has 1 atom stereocenters. The number of hydrogen-bond donors (Lipinski definition) is 1. The molecule has 0 saturated carbocycles. The fourth-order valence-electron chi connectivity index (χ4n) is 2.64. The largest absolute Gasteiger partial charge is 0.319 e. The molecule has 0 unspecified atom stereocenters. The van der Waals surface area contributed by atoms with Crippen LogP contribution in [0.25, 0.3) is 0 Å². The number of rotatable bonds is 5. The third-order valence-corrected chi connectivity index (χ3v) is 4.75. The van der Waals surface area contributed by atoms with E-state index in [0.29, 0.717) is 15.7 Å². The van der Waals surface area contributed by atoms with E-state index in [0.717, 1.165) is 6.42 Å². The fraction of sp³-hybridized carbons (Fsp3) is 0.143. The number of pyridine rings is 1. The third kappa shape index (κ3) is 4.63. The van der Waals surface area contributed by atoms with Crippen LogP contribution in [0.4, 0.5) is 5.69 Å². The zero-order chi connectivity index (χ0) is 18.5. The van der Waals surface area contributed by atoms with Crippen molar-refractivity contribution in [3.63, 3.8) is 0 Å². The molecule has 0 aliphatic heterocycles. The molecule has 3 nitrogen and oxygen atoms in total. The molecule has 1 N–H and O–H groups in total. The molecule has 0 fully saturated rings. The highest BCUT2D eigenvalue weighted by Crippen LogP contribution is 2.25. The topological polar surface area (TPSA) is 33.0 Å². The average molecular weight is 386 g/mol. The minimum Gasteiger partial charge on any atom is -0.319 e. The average Bonchev–Trinajstić information content (AvgIpc) is 2.65. The van der Waals surface area contributed by atoms with E-state index >= 15 is 0 Å². The minimum atomic E-state index is -0.379. The first kappa shape index (κ1) is 18.4. The van der Waals surface area contributed by atoms with Gasteiger partial charge in [0, 0.05) is 24.1 Å². The van der Waals surface area contributed by atoms with Crippen LogP contribution in [0.15, 0.2) is 73.1 Å². The lowest BCUT2D eigenvalue weighted by Crippen LogP contribution is -2.44. The van der Waals surface area contributed by atoms with Crippen LogP contribution in [0.3, 0.4) is 0 Å². The van der Waals surface area contributed by atoms with Crippen molar-refractivity contribution >= 4 is 34.8 Å². The van der Waals surface area contributed by atoms with Gasteiger partial charge in [-0.2, -0.15) is 4.57 Å². The van der Waals surface area contributed by atoms with Gasteiger partial charge in [0.1, 0.15) is 0 Å². The quantitative estimate of drug-likeness (QED) is 0.610. The molecule has 0 aliphatic carbocycles. The van der Waals surface area contributed by atoms with Crippen molar-refractivity contribution in [2.45, 2.75) is 19.4 Å². The molecule has 2 aromatic carbocycles. The van der Waals surface area contributed by atoms with E-state index in [1.165, 1.54) is 11.1 Å². The van der Waals surface area contributed by atoms with Crippen LogP contribution < -0.4 is 9.88 Å². The summed E-state index contributed by atoms with van der Waals surface area (Å²) in [7, 11) is 0. The first-order valence-corrected chi connectivity index (χ1v) is 9.08. The molecule has 1 aromatic heterocycles. The number of anilines is 1. The highest BCUT2D eigenvalue weighted by Gasteiger charge is 2.22. The van der Waals surface area contributed by atoms with Gasteiger partial charge >= 0.3 is 0 Å². The standard InChI is InChI=1S/C21H18Cl2N2O/c1-15(21(26)24-20-14-18(22)7-8-19(20)23)25-11-9-17(10-12-25)13-16-5-3-2-4-6-16/h2-12,14-15H,13H2,1H3/p+1/t15-/m0/s1. The highest BCUT2D eigenvalue weighted by atomic mass is 35.5. The number of carbonyl (C=O) groups is 1. The highest BCUT2D eigenvalue weighted by molar-refractivity contribution is 6.35. The molecule has 3 rings (SSSR count). The van der Waals surface area contributed by atoms with Crippen LogP contribution >= 0.6 is 23.2 Å². The lowest BCUT2D eigenvalue weighted by Gasteiger charge is -2.10. The van der Waals surface area contributed by atoms with Gasteiger partial charge in [-0.05, 0) is 35.7 Å². The predicted molar refractivity (Wildman–Crippen MR) is 106 cm³/mol. The molecule has 132 valence electrons. The maximum absolute atomic E-state index is 12.5. The maximum Gasteiger partial charge on any atom is 0.293 e. The smallest absolute Gasteiger partial charge is 0.293 e. The van der Waals surface area contributed by atoms with E-state index < -0.39 is 0 Å². The zero-order valence-electron chi connectivity index (χ0n) is 14.3. The second-order valence-electron chi connectivity index (χ2n) is 6.11. The van der Waals surface area contributed by atoms with E-state index in [1.54, 1.807) is 18.2 Å². The number of hydrogen-bond acceptors (Lipinski definition) is 1. The Balaban J connectivity index is 1.68. The van der Waals surface area contributed by atoms with Crippen molar-refractivity contribution in [1.82, 2.24) is 0 Å². The van der Waals surface area contributed by atoms with Crippen LogP contribution in [0.1, 0.15) is 24.1 Å². The number of amides is 1. The summed E-state index contributed by atoms with van der Waals surface area (Å²) in [4.78, 5) is 12.5. The number of aromatic nitrogens is 1. The molecule has 0 aliphatic rings. The van der Waals surface area contributed by atoms with E-state index in [-0.39, 0.29) is 11.9 Å². The molecule has 1 amide bonds. The molecule has 5 heteroatoms. The molecule has 0 spiro atoms. The van der Waals surface area contributed by atoms with Crippen molar-refractivity contribution in [1.29, 1.82) is 0 Å². The summed E-state index contributed by atoms with van der Waals surface area (Å²) in [6.45, 7) is 1.84. The van der Waals surface area contributed by atoms with E-state index in [2.05, 4.69) is 17.4 Å². The third-order valence-electron chi connectivity index (χ3n) is 4.19. The molecule has 0 saturated heterocycles. The van der Waals surface area contributed by atoms with E-state index in [4.69, 9.17) is 23.2 Å². The maximum atomic E-state index is 12.5.